The van der Waals surface area contributed by atoms with Gasteiger partial charge in [0.15, 0.2) is 23.5 Å². The van der Waals surface area contributed by atoms with Gasteiger partial charge in [0.05, 0.1) is 25.5 Å². The molecule has 2 unspecified atom stereocenters. The number of anilines is 1. The number of ether oxygens (including phenoxy) is 3. The normalized spacial score (nSPS) is 18.3. The molecular formula is C29H33F2N5O5. The van der Waals surface area contributed by atoms with Crippen molar-refractivity contribution in [3.63, 3.8) is 0 Å². The maximum Gasteiger partial charge on any atom is 0.266 e. The number of aromatic nitrogens is 2. The summed E-state index contributed by atoms with van der Waals surface area (Å²) in [6.45, 7) is 2.46. The van der Waals surface area contributed by atoms with Gasteiger partial charge in [0, 0.05) is 43.6 Å². The number of fused-ring (bicyclic) bond motifs is 1. The van der Waals surface area contributed by atoms with Crippen LogP contribution in [0, 0.1) is 11.6 Å². The zero-order chi connectivity index (χ0) is 29.1. The quantitative estimate of drug-likeness (QED) is 0.346. The third kappa shape index (κ3) is 5.83. The van der Waals surface area contributed by atoms with E-state index in [1.165, 1.54) is 27.9 Å². The third-order valence-corrected chi connectivity index (χ3v) is 7.29. The second-order valence-electron chi connectivity index (χ2n) is 10.00. The number of halogens is 2. The van der Waals surface area contributed by atoms with Gasteiger partial charge in [0.25, 0.3) is 5.56 Å². The van der Waals surface area contributed by atoms with Gasteiger partial charge in [-0.2, -0.15) is 9.49 Å². The smallest absolute Gasteiger partial charge is 0.266 e. The Morgan fingerprint density at radius 1 is 1.07 bits per heavy atom. The third-order valence-electron chi connectivity index (χ3n) is 7.29. The number of rotatable bonds is 10. The van der Waals surface area contributed by atoms with E-state index in [1.807, 2.05) is 19.1 Å². The summed E-state index contributed by atoms with van der Waals surface area (Å²) in [5.41, 5.74) is 4.60. The molecule has 2 aliphatic rings. The van der Waals surface area contributed by atoms with E-state index in [0.29, 0.717) is 43.0 Å². The molecule has 0 bridgehead atoms. The Morgan fingerprint density at radius 2 is 1.88 bits per heavy atom. The van der Waals surface area contributed by atoms with E-state index in [0.717, 1.165) is 17.7 Å². The summed E-state index contributed by atoms with van der Waals surface area (Å²) in [5.74, 6) is -1.10. The number of benzene rings is 2. The molecule has 1 fully saturated rings. The fraction of sp³-hybridized carbons (Fsp3) is 0.414. The molecule has 12 heteroatoms. The molecule has 1 aromatic heterocycles. The average Bonchev–Trinajstić information content (AvgIpc) is 3.41. The van der Waals surface area contributed by atoms with Crippen LogP contribution in [-0.4, -0.2) is 47.7 Å². The van der Waals surface area contributed by atoms with Crippen LogP contribution in [0.2, 0.25) is 0 Å². The van der Waals surface area contributed by atoms with E-state index in [9.17, 15) is 18.4 Å². The highest BCUT2D eigenvalue weighted by atomic mass is 19.2. The number of hydrogen-bond donors (Lipinski definition) is 2. The highest BCUT2D eigenvalue weighted by Gasteiger charge is 2.30. The van der Waals surface area contributed by atoms with Gasteiger partial charge in [0.1, 0.15) is 11.4 Å². The van der Waals surface area contributed by atoms with Crippen LogP contribution in [0.4, 0.5) is 14.5 Å². The molecule has 2 aromatic carbocycles. The topological polar surface area (TPSA) is 107 Å². The number of nitrogens with zero attached hydrogens (tertiary/aromatic N) is 3. The molecule has 2 aliphatic heterocycles. The first-order valence-corrected chi connectivity index (χ1v) is 13.7. The van der Waals surface area contributed by atoms with Gasteiger partial charge in [-0.1, -0.05) is 13.0 Å². The SMILES string of the molecule is CCC1Nc2c(OC)ccc(-c3ccc(=O)n(CCCCOc4ccc(C5CCC(=O)NN5C)c(F)c4F)n3)c2O1. The van der Waals surface area contributed by atoms with Gasteiger partial charge in [0.2, 0.25) is 11.7 Å². The van der Waals surface area contributed by atoms with E-state index in [1.54, 1.807) is 20.2 Å². The number of aryl methyl sites for hydroxylation is 1. The Bertz CT molecular complexity index is 1500. The molecule has 1 saturated heterocycles. The van der Waals surface area contributed by atoms with Crippen molar-refractivity contribution >= 4 is 11.6 Å². The van der Waals surface area contributed by atoms with Crippen LogP contribution in [-0.2, 0) is 11.3 Å². The lowest BCUT2D eigenvalue weighted by molar-refractivity contribution is -0.130. The Hall–Kier alpha value is -4.19. The highest BCUT2D eigenvalue weighted by molar-refractivity contribution is 5.82. The Kier molecular flexibility index (Phi) is 8.39. The van der Waals surface area contributed by atoms with Crippen molar-refractivity contribution in [1.82, 2.24) is 20.2 Å². The zero-order valence-electron chi connectivity index (χ0n) is 23.2. The molecule has 3 aromatic rings. The van der Waals surface area contributed by atoms with Crippen LogP contribution >= 0.6 is 0 Å². The molecule has 0 spiro atoms. The second-order valence-corrected chi connectivity index (χ2v) is 10.00. The minimum Gasteiger partial charge on any atom is -0.494 e. The molecule has 3 heterocycles. The summed E-state index contributed by atoms with van der Waals surface area (Å²) in [7, 11) is 3.21. The average molecular weight is 570 g/mol. The number of carbonyl (C=O) groups excluding carboxylic acids is 1. The van der Waals surface area contributed by atoms with Gasteiger partial charge < -0.3 is 19.5 Å². The van der Waals surface area contributed by atoms with E-state index < -0.39 is 17.7 Å². The van der Waals surface area contributed by atoms with Crippen LogP contribution < -0.4 is 30.5 Å². The number of carbonyl (C=O) groups is 1. The number of hydrogen-bond acceptors (Lipinski definition) is 8. The van der Waals surface area contributed by atoms with E-state index in [4.69, 9.17) is 14.2 Å². The summed E-state index contributed by atoms with van der Waals surface area (Å²) in [6, 6.07) is 9.23. The Balaban J connectivity index is 1.20. The molecule has 0 saturated carbocycles. The number of unbranched alkanes of at least 4 members (excludes halogenated alkanes) is 1. The van der Waals surface area contributed by atoms with Crippen LogP contribution in [0.3, 0.4) is 0 Å². The van der Waals surface area contributed by atoms with Crippen LogP contribution in [0.5, 0.6) is 17.2 Å². The minimum atomic E-state index is -1.06. The maximum absolute atomic E-state index is 14.8. The standard InChI is InChI=1S/C29H33F2N5O5/c1-4-24-32-28-22(39-3)12-7-17(29(28)41-24)19-9-14-25(38)36(33-19)15-5-6-16-40-21-11-8-18(26(30)27(21)31)20-10-13-23(37)34-35(20)2/h7-9,11-12,14,20,24,32H,4-6,10,13,15-16H2,1-3H3,(H,34,37). The molecule has 41 heavy (non-hydrogen) atoms. The van der Waals surface area contributed by atoms with Crippen molar-refractivity contribution in [2.75, 3.05) is 26.1 Å². The monoisotopic (exact) mass is 569 g/mol. The first-order valence-electron chi connectivity index (χ1n) is 13.7. The van der Waals surface area contributed by atoms with Gasteiger partial charge in [-0.05, 0) is 43.5 Å². The molecule has 0 aliphatic carbocycles. The van der Waals surface area contributed by atoms with Crippen molar-refractivity contribution in [2.24, 2.45) is 0 Å². The lowest BCUT2D eigenvalue weighted by Crippen LogP contribution is -2.46. The van der Waals surface area contributed by atoms with Crippen molar-refractivity contribution in [3.8, 4) is 28.5 Å². The lowest BCUT2D eigenvalue weighted by atomic mass is 9.99. The molecule has 10 nitrogen and oxygen atoms in total. The van der Waals surface area contributed by atoms with Gasteiger partial charge in [-0.3, -0.25) is 15.0 Å². The summed E-state index contributed by atoms with van der Waals surface area (Å²) < 4.78 is 48.0. The first kappa shape index (κ1) is 28.3. The summed E-state index contributed by atoms with van der Waals surface area (Å²) in [6.07, 6.45) is 2.21. The summed E-state index contributed by atoms with van der Waals surface area (Å²) >= 11 is 0. The summed E-state index contributed by atoms with van der Waals surface area (Å²) in [5, 5.41) is 9.34. The molecular weight excluding hydrogens is 536 g/mol. The van der Waals surface area contributed by atoms with Crippen molar-refractivity contribution in [1.29, 1.82) is 0 Å². The van der Waals surface area contributed by atoms with E-state index in [2.05, 4.69) is 15.8 Å². The highest BCUT2D eigenvalue weighted by Crippen LogP contribution is 2.46. The largest absolute Gasteiger partial charge is 0.494 e. The Labute approximate surface area is 236 Å². The molecule has 0 radical (unpaired) electrons. The molecule has 2 N–H and O–H groups in total. The molecule has 1 amide bonds. The number of nitrogens with one attached hydrogen (secondary N) is 2. The first-order chi connectivity index (χ1) is 19.8. The Morgan fingerprint density at radius 3 is 2.63 bits per heavy atom. The van der Waals surface area contributed by atoms with Crippen molar-refractivity contribution in [2.45, 2.75) is 57.8 Å². The molecule has 218 valence electrons. The fourth-order valence-corrected chi connectivity index (χ4v) is 5.08. The van der Waals surface area contributed by atoms with Gasteiger partial charge in [-0.25, -0.2) is 14.1 Å². The van der Waals surface area contributed by atoms with E-state index >= 15 is 0 Å². The van der Waals surface area contributed by atoms with Crippen LogP contribution in [0.15, 0.2) is 41.2 Å². The van der Waals surface area contributed by atoms with Crippen LogP contribution in [0.25, 0.3) is 11.3 Å². The van der Waals surface area contributed by atoms with Crippen molar-refractivity contribution < 1.29 is 27.8 Å². The van der Waals surface area contributed by atoms with E-state index in [-0.39, 0.29) is 42.0 Å². The number of methoxy groups -OCH3 is 1. The predicted molar refractivity (Wildman–Crippen MR) is 148 cm³/mol. The zero-order valence-corrected chi connectivity index (χ0v) is 23.2. The van der Waals surface area contributed by atoms with Crippen molar-refractivity contribution in [3.05, 3.63) is 63.9 Å². The lowest BCUT2D eigenvalue weighted by Gasteiger charge is -2.33. The predicted octanol–water partition coefficient (Wildman–Crippen LogP) is 4.39. The maximum atomic E-state index is 14.8. The molecule has 2 atom stereocenters. The van der Waals surface area contributed by atoms with Crippen LogP contribution in [0.1, 0.15) is 50.6 Å². The van der Waals surface area contributed by atoms with Gasteiger partial charge in [-0.15, -0.1) is 0 Å². The fourth-order valence-electron chi connectivity index (χ4n) is 5.08. The summed E-state index contributed by atoms with van der Waals surface area (Å²) in [4.78, 5) is 24.0. The number of hydrazine groups is 1. The second kappa shape index (κ2) is 12.1. The van der Waals surface area contributed by atoms with Gasteiger partial charge >= 0.3 is 0 Å². The minimum absolute atomic E-state index is 0.132. The molecule has 5 rings (SSSR count). The number of amides is 1.